The van der Waals surface area contributed by atoms with Gasteiger partial charge < -0.3 is 15.0 Å². The van der Waals surface area contributed by atoms with Crippen molar-refractivity contribution in [3.63, 3.8) is 0 Å². The number of nitrogens with one attached hydrogen (secondary N) is 1. The highest BCUT2D eigenvalue weighted by Crippen LogP contribution is 2.26. The lowest BCUT2D eigenvalue weighted by atomic mass is 10.1. The number of carbonyl (C=O) groups is 2. The van der Waals surface area contributed by atoms with Gasteiger partial charge in [-0.25, -0.2) is 8.42 Å². The number of methoxy groups -OCH3 is 1. The van der Waals surface area contributed by atoms with E-state index in [1.807, 2.05) is 19.9 Å². The molecule has 34 heavy (non-hydrogen) atoms. The Hall–Kier alpha value is -2.78. The summed E-state index contributed by atoms with van der Waals surface area (Å²) in [4.78, 5) is 27.7. The fourth-order valence-electron chi connectivity index (χ4n) is 3.45. The summed E-state index contributed by atoms with van der Waals surface area (Å²) >= 11 is 6.03. The monoisotopic (exact) mass is 509 g/mol. The van der Waals surface area contributed by atoms with Crippen LogP contribution in [0.3, 0.4) is 0 Å². The number of hydrogen-bond acceptors (Lipinski definition) is 5. The van der Waals surface area contributed by atoms with Crippen molar-refractivity contribution < 1.29 is 22.7 Å². The number of amides is 2. The first-order valence-electron chi connectivity index (χ1n) is 10.8. The molecule has 0 spiro atoms. The van der Waals surface area contributed by atoms with Crippen LogP contribution in [0.2, 0.25) is 5.02 Å². The average molecular weight is 510 g/mol. The molecule has 0 heterocycles. The van der Waals surface area contributed by atoms with Crippen LogP contribution < -0.4 is 14.4 Å². The van der Waals surface area contributed by atoms with Gasteiger partial charge in [0.1, 0.15) is 18.3 Å². The van der Waals surface area contributed by atoms with Crippen molar-refractivity contribution in [2.24, 2.45) is 0 Å². The average Bonchev–Trinajstić information content (AvgIpc) is 2.74. The van der Waals surface area contributed by atoms with Crippen molar-refractivity contribution in [2.75, 3.05) is 24.2 Å². The Balaban J connectivity index is 2.44. The molecule has 0 aliphatic rings. The zero-order valence-corrected chi connectivity index (χ0v) is 21.9. The highest BCUT2D eigenvalue weighted by molar-refractivity contribution is 7.92. The Bertz CT molecular complexity index is 1140. The standard InChI is InChI=1S/C24H32ClN3O5S/c1-16(2)26-24(30)18(4)27(14-19-8-7-9-21(13-19)33-5)23(29)15-28(34(6,31)32)22-11-10-20(25)12-17(22)3/h7-13,16,18H,14-15H2,1-6H3,(H,26,30)/t18-/m0/s1. The van der Waals surface area contributed by atoms with E-state index in [1.165, 1.54) is 4.90 Å². The topological polar surface area (TPSA) is 96.0 Å². The minimum absolute atomic E-state index is 0.0971. The maximum Gasteiger partial charge on any atom is 0.244 e. The summed E-state index contributed by atoms with van der Waals surface area (Å²) in [6.07, 6.45) is 1.04. The van der Waals surface area contributed by atoms with E-state index < -0.39 is 28.5 Å². The van der Waals surface area contributed by atoms with Crippen LogP contribution in [0.15, 0.2) is 42.5 Å². The van der Waals surface area contributed by atoms with E-state index in [-0.39, 0.29) is 18.5 Å². The number of rotatable bonds is 10. The third kappa shape index (κ3) is 7.36. The van der Waals surface area contributed by atoms with Gasteiger partial charge in [0, 0.05) is 17.6 Å². The van der Waals surface area contributed by atoms with Gasteiger partial charge in [-0.15, -0.1) is 0 Å². The number of sulfonamides is 1. The van der Waals surface area contributed by atoms with Gasteiger partial charge >= 0.3 is 0 Å². The molecule has 2 aromatic carbocycles. The Labute approximate surface area is 206 Å². The molecular weight excluding hydrogens is 478 g/mol. The number of nitrogens with zero attached hydrogens (tertiary/aromatic N) is 2. The molecule has 0 fully saturated rings. The molecule has 2 amide bonds. The Morgan fingerprint density at radius 1 is 1.12 bits per heavy atom. The van der Waals surface area contributed by atoms with Crippen molar-refractivity contribution in [3.05, 3.63) is 58.6 Å². The summed E-state index contributed by atoms with van der Waals surface area (Å²) in [7, 11) is -2.27. The molecule has 0 aromatic heterocycles. The number of benzene rings is 2. The second-order valence-electron chi connectivity index (χ2n) is 8.41. The Kier molecular flexibility index (Phi) is 9.35. The molecule has 0 unspecified atom stereocenters. The molecule has 0 radical (unpaired) electrons. The zero-order chi connectivity index (χ0) is 25.6. The Morgan fingerprint density at radius 3 is 2.35 bits per heavy atom. The third-order valence-corrected chi connectivity index (χ3v) is 6.55. The van der Waals surface area contributed by atoms with Crippen molar-refractivity contribution >= 4 is 39.1 Å². The van der Waals surface area contributed by atoms with Crippen LogP contribution in [-0.2, 0) is 26.2 Å². The lowest BCUT2D eigenvalue weighted by Gasteiger charge is -2.32. The lowest BCUT2D eigenvalue weighted by Crippen LogP contribution is -2.52. The van der Waals surface area contributed by atoms with Crippen LogP contribution in [0.1, 0.15) is 31.9 Å². The van der Waals surface area contributed by atoms with Crippen LogP contribution >= 0.6 is 11.6 Å². The summed E-state index contributed by atoms with van der Waals surface area (Å²) in [5.41, 5.74) is 1.70. The first kappa shape index (κ1) is 27.5. The maximum absolute atomic E-state index is 13.5. The van der Waals surface area contributed by atoms with Crippen LogP contribution in [-0.4, -0.2) is 57.1 Å². The van der Waals surface area contributed by atoms with Gasteiger partial charge in [0.25, 0.3) is 0 Å². The number of anilines is 1. The minimum atomic E-state index is -3.81. The van der Waals surface area contributed by atoms with Crippen molar-refractivity contribution in [1.29, 1.82) is 0 Å². The predicted octanol–water partition coefficient (Wildman–Crippen LogP) is 3.36. The molecule has 1 N–H and O–H groups in total. The van der Waals surface area contributed by atoms with E-state index in [2.05, 4.69) is 5.32 Å². The smallest absolute Gasteiger partial charge is 0.244 e. The molecular formula is C24H32ClN3O5S. The molecule has 0 saturated heterocycles. The molecule has 0 aliphatic heterocycles. The summed E-state index contributed by atoms with van der Waals surface area (Å²) < 4.78 is 31.6. The fourth-order valence-corrected chi connectivity index (χ4v) is 4.58. The molecule has 186 valence electrons. The predicted molar refractivity (Wildman–Crippen MR) is 135 cm³/mol. The van der Waals surface area contributed by atoms with Gasteiger partial charge in [-0.1, -0.05) is 23.7 Å². The number of halogens is 1. The molecule has 2 rings (SSSR count). The highest BCUT2D eigenvalue weighted by Gasteiger charge is 2.30. The molecule has 8 nitrogen and oxygen atoms in total. The lowest BCUT2D eigenvalue weighted by molar-refractivity contribution is -0.139. The largest absolute Gasteiger partial charge is 0.497 e. The molecule has 0 bridgehead atoms. The van der Waals surface area contributed by atoms with E-state index in [0.29, 0.717) is 22.0 Å². The van der Waals surface area contributed by atoms with Gasteiger partial charge in [-0.3, -0.25) is 13.9 Å². The van der Waals surface area contributed by atoms with Crippen LogP contribution in [0, 0.1) is 6.92 Å². The first-order chi connectivity index (χ1) is 15.8. The quantitative estimate of drug-likeness (QED) is 0.529. The molecule has 0 aliphatic carbocycles. The molecule has 0 saturated carbocycles. The van der Waals surface area contributed by atoms with E-state index in [0.717, 1.165) is 16.1 Å². The third-order valence-electron chi connectivity index (χ3n) is 5.19. The summed E-state index contributed by atoms with van der Waals surface area (Å²) in [5.74, 6) is -0.243. The molecule has 10 heteroatoms. The summed E-state index contributed by atoms with van der Waals surface area (Å²) in [6, 6.07) is 11.0. The minimum Gasteiger partial charge on any atom is -0.497 e. The highest BCUT2D eigenvalue weighted by atomic mass is 35.5. The first-order valence-corrected chi connectivity index (χ1v) is 13.0. The summed E-state index contributed by atoms with van der Waals surface area (Å²) in [5, 5.41) is 3.27. The van der Waals surface area contributed by atoms with Gasteiger partial charge in [-0.2, -0.15) is 0 Å². The van der Waals surface area contributed by atoms with Crippen LogP contribution in [0.25, 0.3) is 0 Å². The van der Waals surface area contributed by atoms with Crippen molar-refractivity contribution in [3.8, 4) is 5.75 Å². The van der Waals surface area contributed by atoms with E-state index in [4.69, 9.17) is 16.3 Å². The van der Waals surface area contributed by atoms with E-state index in [1.54, 1.807) is 57.4 Å². The molecule has 2 aromatic rings. The van der Waals surface area contributed by atoms with Crippen molar-refractivity contribution in [2.45, 2.75) is 46.3 Å². The SMILES string of the molecule is COc1cccc(CN(C(=O)CN(c2ccc(Cl)cc2C)S(C)(=O)=O)[C@@H](C)C(=O)NC(C)C)c1. The number of hydrogen-bond donors (Lipinski definition) is 1. The van der Waals surface area contributed by atoms with Crippen LogP contribution in [0.4, 0.5) is 5.69 Å². The second kappa shape index (κ2) is 11.6. The number of ether oxygens (including phenoxy) is 1. The van der Waals surface area contributed by atoms with Crippen molar-refractivity contribution in [1.82, 2.24) is 10.2 Å². The fraction of sp³-hybridized carbons (Fsp3) is 0.417. The zero-order valence-electron chi connectivity index (χ0n) is 20.3. The summed E-state index contributed by atoms with van der Waals surface area (Å²) in [6.45, 7) is 6.62. The van der Waals surface area contributed by atoms with Gasteiger partial charge in [0.15, 0.2) is 0 Å². The second-order valence-corrected chi connectivity index (χ2v) is 10.8. The van der Waals surface area contributed by atoms with Crippen LogP contribution in [0.5, 0.6) is 5.75 Å². The van der Waals surface area contributed by atoms with Gasteiger partial charge in [-0.05, 0) is 69.2 Å². The van der Waals surface area contributed by atoms with Gasteiger partial charge in [0.05, 0.1) is 19.1 Å². The van der Waals surface area contributed by atoms with E-state index in [9.17, 15) is 18.0 Å². The van der Waals surface area contributed by atoms with Gasteiger partial charge in [0.2, 0.25) is 21.8 Å². The molecule has 1 atom stereocenters. The number of aryl methyl sites for hydroxylation is 1. The Morgan fingerprint density at radius 2 is 1.79 bits per heavy atom. The van der Waals surface area contributed by atoms with E-state index >= 15 is 0 Å². The number of carbonyl (C=O) groups excluding carboxylic acids is 2. The normalized spacial score (nSPS) is 12.2. The maximum atomic E-state index is 13.5.